The molecule has 27 heavy (non-hydrogen) atoms. The van der Waals surface area contributed by atoms with Crippen molar-refractivity contribution in [3.63, 3.8) is 0 Å². The van der Waals surface area contributed by atoms with Crippen LogP contribution in [0, 0.1) is 5.92 Å². The lowest BCUT2D eigenvalue weighted by molar-refractivity contribution is 0.0714. The minimum Gasteiger partial charge on any atom is -0.459 e. The third-order valence-electron chi connectivity index (χ3n) is 4.64. The molecule has 2 aromatic heterocycles. The predicted molar refractivity (Wildman–Crippen MR) is 103 cm³/mol. The fraction of sp³-hybridized carbons (Fsp3) is 0.450. The Hall–Kier alpha value is -2.83. The average Bonchev–Trinajstić information content (AvgIpc) is 3.22. The summed E-state index contributed by atoms with van der Waals surface area (Å²) >= 11 is 0. The second kappa shape index (κ2) is 8.70. The maximum atomic E-state index is 12.3. The number of pyridine rings is 1. The van der Waals surface area contributed by atoms with Crippen LogP contribution in [0.2, 0.25) is 0 Å². The van der Waals surface area contributed by atoms with Crippen molar-refractivity contribution in [2.24, 2.45) is 5.92 Å². The first-order valence-electron chi connectivity index (χ1n) is 9.36. The van der Waals surface area contributed by atoms with Gasteiger partial charge in [-0.3, -0.25) is 9.59 Å². The second-order valence-electron chi connectivity index (χ2n) is 7.10. The summed E-state index contributed by atoms with van der Waals surface area (Å²) in [6.07, 6.45) is 4.08. The third-order valence-corrected chi connectivity index (χ3v) is 4.64. The van der Waals surface area contributed by atoms with Crippen LogP contribution in [0.3, 0.4) is 0 Å². The summed E-state index contributed by atoms with van der Waals surface area (Å²) in [6.45, 7) is 7.54. The summed E-state index contributed by atoms with van der Waals surface area (Å²) in [5.74, 6) is 1.57. The Morgan fingerprint density at radius 1 is 1.19 bits per heavy atom. The number of amides is 2. The van der Waals surface area contributed by atoms with Crippen LogP contribution >= 0.6 is 0 Å². The molecule has 0 aliphatic carbocycles. The number of anilines is 1. The van der Waals surface area contributed by atoms with Crippen molar-refractivity contribution in [1.29, 1.82) is 0 Å². The van der Waals surface area contributed by atoms with Gasteiger partial charge in [-0.25, -0.2) is 4.98 Å². The van der Waals surface area contributed by atoms with Crippen molar-refractivity contribution in [3.05, 3.63) is 48.0 Å². The molecule has 1 saturated heterocycles. The van der Waals surface area contributed by atoms with Gasteiger partial charge in [0.05, 0.1) is 11.8 Å². The van der Waals surface area contributed by atoms with Gasteiger partial charge >= 0.3 is 0 Å². The Morgan fingerprint density at radius 3 is 2.56 bits per heavy atom. The van der Waals surface area contributed by atoms with Crippen molar-refractivity contribution in [3.8, 4) is 0 Å². The van der Waals surface area contributed by atoms with Crippen LogP contribution in [-0.4, -0.2) is 54.4 Å². The van der Waals surface area contributed by atoms with E-state index in [4.69, 9.17) is 4.42 Å². The maximum Gasteiger partial charge on any atom is 0.289 e. The first-order chi connectivity index (χ1) is 13.0. The fourth-order valence-corrected chi connectivity index (χ4v) is 2.98. The second-order valence-corrected chi connectivity index (χ2v) is 7.10. The molecule has 3 rings (SSSR count). The molecule has 2 aromatic rings. The lowest BCUT2D eigenvalue weighted by atomic mass is 10.1. The van der Waals surface area contributed by atoms with Crippen molar-refractivity contribution < 1.29 is 14.0 Å². The number of hydrogen-bond acceptors (Lipinski definition) is 5. The smallest absolute Gasteiger partial charge is 0.289 e. The molecule has 7 nitrogen and oxygen atoms in total. The number of nitrogens with zero attached hydrogens (tertiary/aromatic N) is 3. The molecule has 0 bridgehead atoms. The van der Waals surface area contributed by atoms with Gasteiger partial charge < -0.3 is 19.5 Å². The Kier molecular flexibility index (Phi) is 6.11. The molecule has 1 fully saturated rings. The number of carbonyl (C=O) groups excluding carboxylic acids is 2. The zero-order valence-electron chi connectivity index (χ0n) is 15.9. The van der Waals surface area contributed by atoms with Crippen molar-refractivity contribution in [1.82, 2.24) is 15.2 Å². The predicted octanol–water partition coefficient (Wildman–Crippen LogP) is 2.41. The van der Waals surface area contributed by atoms with Gasteiger partial charge in [-0.05, 0) is 36.6 Å². The summed E-state index contributed by atoms with van der Waals surface area (Å²) in [5.41, 5.74) is 0.564. The molecular weight excluding hydrogens is 344 g/mol. The van der Waals surface area contributed by atoms with E-state index in [-0.39, 0.29) is 11.8 Å². The molecule has 0 spiro atoms. The number of hydrogen-bond donors (Lipinski definition) is 1. The van der Waals surface area contributed by atoms with Crippen LogP contribution in [-0.2, 0) is 0 Å². The molecular formula is C20H26N4O3. The van der Waals surface area contributed by atoms with Crippen LogP contribution in [0.25, 0.3) is 0 Å². The monoisotopic (exact) mass is 370 g/mol. The van der Waals surface area contributed by atoms with E-state index in [9.17, 15) is 9.59 Å². The van der Waals surface area contributed by atoms with Gasteiger partial charge in [0.2, 0.25) is 0 Å². The molecule has 1 aliphatic heterocycles. The Bertz CT molecular complexity index is 748. The highest BCUT2D eigenvalue weighted by Gasteiger charge is 2.24. The molecule has 0 atom stereocenters. The van der Waals surface area contributed by atoms with Crippen molar-refractivity contribution >= 4 is 17.6 Å². The van der Waals surface area contributed by atoms with E-state index in [0.717, 1.165) is 12.2 Å². The number of rotatable bonds is 6. The minimum absolute atomic E-state index is 0.0824. The van der Waals surface area contributed by atoms with Gasteiger partial charge in [-0.1, -0.05) is 13.8 Å². The average molecular weight is 370 g/mol. The first-order valence-corrected chi connectivity index (χ1v) is 9.36. The highest BCUT2D eigenvalue weighted by atomic mass is 16.3. The topological polar surface area (TPSA) is 78.7 Å². The number of piperazine rings is 1. The molecule has 2 amide bonds. The summed E-state index contributed by atoms with van der Waals surface area (Å²) in [6, 6.07) is 7.06. The van der Waals surface area contributed by atoms with Crippen LogP contribution < -0.4 is 10.2 Å². The first kappa shape index (κ1) is 18.9. The SMILES string of the molecule is CC(C)CCNC(=O)c1ccc(N2CCN(C(=O)c3ccco3)CC2)nc1. The largest absolute Gasteiger partial charge is 0.459 e. The maximum absolute atomic E-state index is 12.3. The molecule has 0 saturated carbocycles. The quantitative estimate of drug-likeness (QED) is 0.845. The Balaban J connectivity index is 1.51. The number of aromatic nitrogens is 1. The zero-order valence-corrected chi connectivity index (χ0v) is 15.9. The number of carbonyl (C=O) groups is 2. The van der Waals surface area contributed by atoms with Crippen LogP contribution in [0.1, 0.15) is 41.2 Å². The summed E-state index contributed by atoms with van der Waals surface area (Å²) in [4.78, 5) is 32.8. The van der Waals surface area contributed by atoms with E-state index in [0.29, 0.717) is 50.0 Å². The third kappa shape index (κ3) is 4.87. The molecule has 7 heteroatoms. The van der Waals surface area contributed by atoms with Gasteiger partial charge in [0.25, 0.3) is 11.8 Å². The normalized spacial score (nSPS) is 14.5. The van der Waals surface area contributed by atoms with E-state index in [2.05, 4.69) is 29.0 Å². The fourth-order valence-electron chi connectivity index (χ4n) is 2.98. The van der Waals surface area contributed by atoms with Crippen molar-refractivity contribution in [2.45, 2.75) is 20.3 Å². The van der Waals surface area contributed by atoms with Gasteiger partial charge in [-0.15, -0.1) is 0 Å². The molecule has 0 radical (unpaired) electrons. The Labute approximate surface area is 159 Å². The molecule has 0 aromatic carbocycles. The Morgan fingerprint density at radius 2 is 1.96 bits per heavy atom. The lowest BCUT2D eigenvalue weighted by Gasteiger charge is -2.35. The van der Waals surface area contributed by atoms with E-state index in [1.165, 1.54) is 6.26 Å². The van der Waals surface area contributed by atoms with Crippen LogP contribution in [0.4, 0.5) is 5.82 Å². The molecule has 144 valence electrons. The van der Waals surface area contributed by atoms with Gasteiger partial charge in [0, 0.05) is 38.9 Å². The van der Waals surface area contributed by atoms with E-state index in [1.807, 2.05) is 6.07 Å². The van der Waals surface area contributed by atoms with E-state index < -0.39 is 0 Å². The van der Waals surface area contributed by atoms with E-state index in [1.54, 1.807) is 29.3 Å². The number of furan rings is 1. The lowest BCUT2D eigenvalue weighted by Crippen LogP contribution is -2.49. The zero-order chi connectivity index (χ0) is 19.2. The highest BCUT2D eigenvalue weighted by molar-refractivity contribution is 5.94. The minimum atomic E-state index is -0.0939. The van der Waals surface area contributed by atoms with Crippen molar-refractivity contribution in [2.75, 3.05) is 37.6 Å². The molecule has 1 aliphatic rings. The molecule has 3 heterocycles. The molecule has 1 N–H and O–H groups in total. The summed E-state index contributed by atoms with van der Waals surface area (Å²) < 4.78 is 5.18. The van der Waals surface area contributed by atoms with E-state index >= 15 is 0 Å². The summed E-state index contributed by atoms with van der Waals surface area (Å²) in [5, 5.41) is 2.92. The standard InChI is InChI=1S/C20H26N4O3/c1-15(2)7-8-21-19(25)16-5-6-18(22-14-16)23-9-11-24(12-10-23)20(26)17-4-3-13-27-17/h3-6,13-15H,7-12H2,1-2H3,(H,21,25). The summed E-state index contributed by atoms with van der Waals surface area (Å²) in [7, 11) is 0. The van der Waals surface area contributed by atoms with Crippen LogP contribution in [0.15, 0.2) is 41.1 Å². The van der Waals surface area contributed by atoms with Gasteiger partial charge in [0.15, 0.2) is 5.76 Å². The number of nitrogens with one attached hydrogen (secondary N) is 1. The van der Waals surface area contributed by atoms with Crippen LogP contribution in [0.5, 0.6) is 0 Å². The van der Waals surface area contributed by atoms with Gasteiger partial charge in [0.1, 0.15) is 5.82 Å². The van der Waals surface area contributed by atoms with Gasteiger partial charge in [-0.2, -0.15) is 0 Å². The molecule has 0 unspecified atom stereocenters. The highest BCUT2D eigenvalue weighted by Crippen LogP contribution is 2.16.